The Morgan fingerprint density at radius 2 is 2.15 bits per heavy atom. The summed E-state index contributed by atoms with van der Waals surface area (Å²) in [7, 11) is 0. The van der Waals surface area contributed by atoms with E-state index in [9.17, 15) is 9.18 Å². The number of nitrogens with one attached hydrogen (secondary N) is 2. The maximum Gasteiger partial charge on any atom is 0.267 e. The van der Waals surface area contributed by atoms with Crippen LogP contribution in [-0.4, -0.2) is 50.3 Å². The van der Waals surface area contributed by atoms with Gasteiger partial charge in [0, 0.05) is 37.8 Å². The van der Waals surface area contributed by atoms with E-state index in [0.29, 0.717) is 30.2 Å². The zero-order valence-corrected chi connectivity index (χ0v) is 20.3. The van der Waals surface area contributed by atoms with Gasteiger partial charge in [-0.25, -0.2) is 19.7 Å². The summed E-state index contributed by atoms with van der Waals surface area (Å²) in [5.41, 5.74) is 3.64. The van der Waals surface area contributed by atoms with Gasteiger partial charge in [-0.15, -0.1) is 0 Å². The number of carbonyl (C=O) groups is 1. The quantitative estimate of drug-likeness (QED) is 0.166. The number of alkyl halides is 1. The third kappa shape index (κ3) is 6.92. The first-order valence-corrected chi connectivity index (χ1v) is 12.3. The summed E-state index contributed by atoms with van der Waals surface area (Å²) in [6.45, 7) is 2.10. The van der Waals surface area contributed by atoms with Gasteiger partial charge in [-0.05, 0) is 31.4 Å². The molecule has 0 aliphatic carbocycles. The maximum absolute atomic E-state index is 14.0. The average Bonchev–Trinajstić information content (AvgIpc) is 3.18. The number of hydrogen-bond donors (Lipinski definition) is 2. The summed E-state index contributed by atoms with van der Waals surface area (Å²) < 4.78 is 19.6. The third-order valence-electron chi connectivity index (χ3n) is 5.58. The number of carbonyl (C=O) groups excluding carboxylic acids is 1. The molecule has 0 radical (unpaired) electrons. The molecule has 0 bridgehead atoms. The Hall–Kier alpha value is -2.15. The van der Waals surface area contributed by atoms with E-state index in [-0.39, 0.29) is 28.1 Å². The monoisotopic (exact) mass is 567 g/mol. The van der Waals surface area contributed by atoms with Gasteiger partial charge in [0.1, 0.15) is 11.6 Å². The van der Waals surface area contributed by atoms with Gasteiger partial charge in [-0.3, -0.25) is 14.7 Å². The van der Waals surface area contributed by atoms with Crippen LogP contribution in [-0.2, 0) is 20.9 Å². The van der Waals surface area contributed by atoms with Crippen molar-refractivity contribution >= 4 is 40.4 Å². The number of anilines is 1. The van der Waals surface area contributed by atoms with Crippen molar-refractivity contribution in [3.63, 3.8) is 0 Å². The minimum atomic E-state index is -0.388. The number of amides is 1. The molecule has 2 aliphatic rings. The number of benzene rings is 1. The van der Waals surface area contributed by atoms with E-state index < -0.39 is 0 Å². The molecule has 2 fully saturated rings. The summed E-state index contributed by atoms with van der Waals surface area (Å²) in [5, 5.41) is 3.42. The molecule has 2 aliphatic heterocycles. The van der Waals surface area contributed by atoms with E-state index in [0.717, 1.165) is 32.2 Å². The van der Waals surface area contributed by atoms with Crippen LogP contribution in [0.2, 0.25) is 0 Å². The number of nitrogens with zero attached hydrogens (tertiary/aromatic N) is 3. The minimum Gasteiger partial charge on any atom is -0.364 e. The maximum atomic E-state index is 14.0. The lowest BCUT2D eigenvalue weighted by Crippen LogP contribution is -2.33. The lowest BCUT2D eigenvalue weighted by atomic mass is 10.2. The van der Waals surface area contributed by atoms with Crippen LogP contribution in [0, 0.1) is 5.82 Å². The van der Waals surface area contributed by atoms with Crippen LogP contribution in [0.15, 0.2) is 42.7 Å². The van der Waals surface area contributed by atoms with Gasteiger partial charge in [0.05, 0.1) is 28.2 Å². The highest BCUT2D eigenvalue weighted by Gasteiger charge is 2.32. The highest BCUT2D eigenvalue weighted by atomic mass is 127. The number of likely N-dealkylation sites (tertiary alicyclic amines) is 1. The van der Waals surface area contributed by atoms with Crippen LogP contribution in [0.4, 0.5) is 10.2 Å². The average molecular weight is 567 g/mol. The first kappa shape index (κ1) is 24.0. The van der Waals surface area contributed by atoms with Crippen LogP contribution in [0.3, 0.4) is 0 Å². The van der Waals surface area contributed by atoms with Crippen molar-refractivity contribution < 1.29 is 18.8 Å². The van der Waals surface area contributed by atoms with Gasteiger partial charge in [0.25, 0.3) is 5.91 Å². The van der Waals surface area contributed by atoms with Crippen molar-refractivity contribution in [2.75, 3.05) is 18.5 Å². The molecule has 2 unspecified atom stereocenters. The number of rotatable bonds is 8. The molecule has 0 saturated carbocycles. The smallest absolute Gasteiger partial charge is 0.267 e. The Morgan fingerprint density at radius 1 is 1.27 bits per heavy atom. The summed E-state index contributed by atoms with van der Waals surface area (Å²) in [6.07, 6.45) is 9.51. The molecule has 2 N–H and O–H groups in total. The fraction of sp³-hybridized carbons (Fsp3) is 0.435. The van der Waals surface area contributed by atoms with E-state index in [4.69, 9.17) is 9.57 Å². The number of hydroxylamine groups is 1. The van der Waals surface area contributed by atoms with Gasteiger partial charge in [0.2, 0.25) is 0 Å². The van der Waals surface area contributed by atoms with E-state index >= 15 is 0 Å². The van der Waals surface area contributed by atoms with Crippen LogP contribution in [0.1, 0.15) is 36.9 Å². The lowest BCUT2D eigenvalue weighted by molar-refractivity contribution is -0.198. The number of ether oxygens (including phenoxy) is 1. The summed E-state index contributed by atoms with van der Waals surface area (Å²) >= 11 is 2.39. The zero-order valence-electron chi connectivity index (χ0n) is 18.1. The largest absolute Gasteiger partial charge is 0.364 e. The highest BCUT2D eigenvalue weighted by molar-refractivity contribution is 14.1. The van der Waals surface area contributed by atoms with Crippen LogP contribution in [0.5, 0.6) is 0 Å². The van der Waals surface area contributed by atoms with Gasteiger partial charge >= 0.3 is 0 Å². The second-order valence-corrected chi connectivity index (χ2v) is 9.29. The van der Waals surface area contributed by atoms with Crippen molar-refractivity contribution in [3.05, 3.63) is 59.8 Å². The van der Waals surface area contributed by atoms with Crippen molar-refractivity contribution in [2.45, 2.75) is 48.6 Å². The molecule has 4 rings (SSSR count). The molecular formula is C23H27FIN5O3. The predicted molar refractivity (Wildman–Crippen MR) is 131 cm³/mol. The normalized spacial score (nSPS) is 23.6. The summed E-state index contributed by atoms with van der Waals surface area (Å²) in [5.74, 6) is 0.102. The standard InChI is InChI=1S/C23H27FIN5O3/c24-18-6-2-1-5-16(18)15-30-11-10-19(23(30)25)28-20-14-26-17(13-27-20)8-9-21(31)29-33-22-7-3-4-12-32-22/h1-2,5-6,8-9,13-14,19,22-23H,3-4,7,10-12,15H2,(H,27,28)(H,29,31)/t19-,22?,23?/m1/s1. The van der Waals surface area contributed by atoms with Gasteiger partial charge in [-0.1, -0.05) is 40.8 Å². The Bertz CT molecular complexity index is 955. The molecule has 1 aromatic heterocycles. The predicted octanol–water partition coefficient (Wildman–Crippen LogP) is 3.65. The summed E-state index contributed by atoms with van der Waals surface area (Å²) in [6, 6.07) is 7.07. The van der Waals surface area contributed by atoms with Crippen molar-refractivity contribution in [2.24, 2.45) is 0 Å². The number of aromatic nitrogens is 2. The topological polar surface area (TPSA) is 88.6 Å². The first-order valence-electron chi connectivity index (χ1n) is 11.0. The van der Waals surface area contributed by atoms with Crippen LogP contribution < -0.4 is 10.8 Å². The lowest BCUT2D eigenvalue weighted by Gasteiger charge is -2.24. The molecule has 2 aromatic rings. The Morgan fingerprint density at radius 3 is 2.91 bits per heavy atom. The van der Waals surface area contributed by atoms with Crippen LogP contribution in [0.25, 0.3) is 6.08 Å². The number of halogens is 2. The molecule has 176 valence electrons. The fourth-order valence-corrected chi connectivity index (χ4v) is 4.80. The number of hydrogen-bond acceptors (Lipinski definition) is 7. The molecule has 1 amide bonds. The Labute approximate surface area is 206 Å². The molecular weight excluding hydrogens is 540 g/mol. The van der Waals surface area contributed by atoms with Crippen molar-refractivity contribution in [1.82, 2.24) is 20.3 Å². The molecule has 3 atom stereocenters. The third-order valence-corrected chi connectivity index (χ3v) is 7.23. The van der Waals surface area contributed by atoms with Gasteiger partial charge < -0.3 is 10.1 Å². The van der Waals surface area contributed by atoms with E-state index in [1.54, 1.807) is 24.5 Å². The Kier molecular flexibility index (Phi) is 8.59. The van der Waals surface area contributed by atoms with Crippen molar-refractivity contribution in [1.29, 1.82) is 0 Å². The molecule has 8 nitrogen and oxygen atoms in total. The van der Waals surface area contributed by atoms with Crippen molar-refractivity contribution in [3.8, 4) is 0 Å². The highest BCUT2D eigenvalue weighted by Crippen LogP contribution is 2.28. The summed E-state index contributed by atoms with van der Waals surface area (Å²) in [4.78, 5) is 28.2. The van der Waals surface area contributed by atoms with E-state index in [1.807, 2.05) is 12.1 Å². The van der Waals surface area contributed by atoms with Gasteiger partial charge in [-0.2, -0.15) is 0 Å². The molecule has 1 aromatic carbocycles. The fourth-order valence-electron chi connectivity index (χ4n) is 3.78. The SMILES string of the molecule is O=C(C=Cc1cnc(N[C@@H]2CCN(Cc3ccccc3F)C2I)cn1)NOC1CCCCO1. The zero-order chi connectivity index (χ0) is 23.0. The molecule has 3 heterocycles. The molecule has 33 heavy (non-hydrogen) atoms. The minimum absolute atomic E-state index is 0.172. The van der Waals surface area contributed by atoms with Gasteiger partial charge in [0.15, 0.2) is 6.29 Å². The molecule has 0 spiro atoms. The Balaban J connectivity index is 1.24. The van der Waals surface area contributed by atoms with E-state index in [2.05, 4.69) is 48.3 Å². The first-order chi connectivity index (χ1) is 16.1. The van der Waals surface area contributed by atoms with E-state index in [1.165, 1.54) is 12.1 Å². The second-order valence-electron chi connectivity index (χ2n) is 8.01. The second kappa shape index (κ2) is 11.8. The molecule has 10 heteroatoms. The van der Waals surface area contributed by atoms with Crippen LogP contribution >= 0.6 is 22.6 Å². The molecule has 2 saturated heterocycles.